The van der Waals surface area contributed by atoms with Crippen LogP contribution in [-0.4, -0.2) is 24.9 Å². The lowest BCUT2D eigenvalue weighted by Gasteiger charge is -2.23. The number of anilines is 2. The molecule has 5 nitrogen and oxygen atoms in total. The van der Waals surface area contributed by atoms with E-state index in [-0.39, 0.29) is 29.1 Å². The van der Waals surface area contributed by atoms with E-state index in [0.29, 0.717) is 0 Å². The molecular weight excluding hydrogens is 290 g/mol. The molecule has 1 aromatic rings. The third-order valence-corrected chi connectivity index (χ3v) is 5.05. The smallest absolute Gasteiger partial charge is 0.228 e. The predicted molar refractivity (Wildman–Crippen MR) is 91.2 cm³/mol. The molecule has 3 rings (SSSR count). The summed E-state index contributed by atoms with van der Waals surface area (Å²) in [6.45, 7) is 5.76. The lowest BCUT2D eigenvalue weighted by Crippen LogP contribution is -2.31. The molecular formula is C18H25N3O2. The minimum Gasteiger partial charge on any atom is -0.326 e. The molecule has 23 heavy (non-hydrogen) atoms. The van der Waals surface area contributed by atoms with Gasteiger partial charge in [0.2, 0.25) is 11.8 Å². The van der Waals surface area contributed by atoms with E-state index in [4.69, 9.17) is 0 Å². The van der Waals surface area contributed by atoms with E-state index in [0.717, 1.165) is 43.7 Å². The van der Waals surface area contributed by atoms with E-state index in [9.17, 15) is 9.59 Å². The molecule has 0 bridgehead atoms. The summed E-state index contributed by atoms with van der Waals surface area (Å²) in [4.78, 5) is 24.1. The minimum atomic E-state index is -0.0505. The monoisotopic (exact) mass is 315 g/mol. The van der Waals surface area contributed by atoms with Gasteiger partial charge in [0.15, 0.2) is 0 Å². The highest BCUT2D eigenvalue weighted by molar-refractivity contribution is 5.96. The highest BCUT2D eigenvalue weighted by Gasteiger charge is 2.57. The second-order valence-electron chi connectivity index (χ2n) is 7.08. The number of benzene rings is 1. The van der Waals surface area contributed by atoms with Crippen LogP contribution in [0.25, 0.3) is 0 Å². The molecule has 2 amide bonds. The van der Waals surface area contributed by atoms with Crippen LogP contribution in [0.4, 0.5) is 11.4 Å². The number of rotatable bonds is 4. The van der Waals surface area contributed by atoms with Gasteiger partial charge in [0.1, 0.15) is 0 Å². The quantitative estimate of drug-likeness (QED) is 0.800. The largest absolute Gasteiger partial charge is 0.326 e. The van der Waals surface area contributed by atoms with Gasteiger partial charge in [-0.1, -0.05) is 13.8 Å². The normalized spacial score (nSPS) is 22.0. The van der Waals surface area contributed by atoms with Gasteiger partial charge < -0.3 is 16.0 Å². The van der Waals surface area contributed by atoms with E-state index >= 15 is 0 Å². The number of amides is 2. The van der Waals surface area contributed by atoms with Crippen molar-refractivity contribution in [2.45, 2.75) is 33.1 Å². The molecule has 2 fully saturated rings. The molecule has 1 saturated carbocycles. The van der Waals surface area contributed by atoms with Crippen LogP contribution >= 0.6 is 0 Å². The Morgan fingerprint density at radius 2 is 1.65 bits per heavy atom. The topological polar surface area (TPSA) is 70.2 Å². The standard InChI is InChI=1S/C18H25N3O2/c1-12(2)16(22)20-13-3-5-14(6-4-13)21-17(23)15-11-18(15)7-9-19-10-8-18/h3-6,12,15,19H,7-11H2,1-2H3,(H,20,22)(H,21,23). The summed E-state index contributed by atoms with van der Waals surface area (Å²) in [7, 11) is 0. The summed E-state index contributed by atoms with van der Waals surface area (Å²) in [5, 5.41) is 9.20. The van der Waals surface area contributed by atoms with Crippen LogP contribution in [0.1, 0.15) is 33.1 Å². The summed E-state index contributed by atoms with van der Waals surface area (Å²) in [5.74, 6) is 0.230. The van der Waals surface area contributed by atoms with Crippen molar-refractivity contribution in [3.8, 4) is 0 Å². The van der Waals surface area contributed by atoms with E-state index in [2.05, 4.69) is 16.0 Å². The van der Waals surface area contributed by atoms with Gasteiger partial charge in [0, 0.05) is 23.2 Å². The fourth-order valence-corrected chi connectivity index (χ4v) is 3.35. The number of hydrogen-bond acceptors (Lipinski definition) is 3. The summed E-state index contributed by atoms with van der Waals surface area (Å²) in [6, 6.07) is 7.32. The van der Waals surface area contributed by atoms with Crippen molar-refractivity contribution in [3.05, 3.63) is 24.3 Å². The van der Waals surface area contributed by atoms with Crippen LogP contribution in [0.15, 0.2) is 24.3 Å². The Balaban J connectivity index is 1.54. The van der Waals surface area contributed by atoms with Crippen LogP contribution in [0.3, 0.4) is 0 Å². The molecule has 124 valence electrons. The summed E-state index contributed by atoms with van der Waals surface area (Å²) in [5.41, 5.74) is 1.79. The average molecular weight is 315 g/mol. The molecule has 1 unspecified atom stereocenters. The first-order valence-electron chi connectivity index (χ1n) is 8.43. The highest BCUT2D eigenvalue weighted by Crippen LogP contribution is 2.58. The third-order valence-electron chi connectivity index (χ3n) is 5.05. The molecule has 1 atom stereocenters. The Labute approximate surface area is 137 Å². The van der Waals surface area contributed by atoms with Crippen molar-refractivity contribution in [2.24, 2.45) is 17.3 Å². The Morgan fingerprint density at radius 1 is 1.09 bits per heavy atom. The molecule has 1 heterocycles. The summed E-state index contributed by atoms with van der Waals surface area (Å²) >= 11 is 0. The molecule has 3 N–H and O–H groups in total. The van der Waals surface area contributed by atoms with Crippen molar-refractivity contribution >= 4 is 23.2 Å². The zero-order valence-corrected chi connectivity index (χ0v) is 13.8. The maximum Gasteiger partial charge on any atom is 0.228 e. The third kappa shape index (κ3) is 3.55. The van der Waals surface area contributed by atoms with Crippen LogP contribution in [0, 0.1) is 17.3 Å². The molecule has 1 aliphatic carbocycles. The summed E-state index contributed by atoms with van der Waals surface area (Å²) < 4.78 is 0. The first-order valence-corrected chi connectivity index (χ1v) is 8.43. The Bertz CT molecular complexity index is 589. The Hall–Kier alpha value is -1.88. The molecule has 5 heteroatoms. The van der Waals surface area contributed by atoms with Crippen LogP contribution < -0.4 is 16.0 Å². The Kier molecular flexibility index (Phi) is 4.39. The van der Waals surface area contributed by atoms with Gasteiger partial charge in [0.05, 0.1) is 0 Å². The predicted octanol–water partition coefficient (Wildman–Crippen LogP) is 2.61. The maximum absolute atomic E-state index is 12.4. The van der Waals surface area contributed by atoms with E-state index in [1.807, 2.05) is 38.1 Å². The fourth-order valence-electron chi connectivity index (χ4n) is 3.35. The van der Waals surface area contributed by atoms with Gasteiger partial charge in [-0.3, -0.25) is 9.59 Å². The number of carbonyl (C=O) groups excluding carboxylic acids is 2. The van der Waals surface area contributed by atoms with Crippen molar-refractivity contribution in [1.29, 1.82) is 0 Å². The van der Waals surface area contributed by atoms with Gasteiger partial charge in [-0.25, -0.2) is 0 Å². The number of carbonyl (C=O) groups is 2. The lowest BCUT2D eigenvalue weighted by atomic mass is 9.92. The molecule has 1 spiro atoms. The number of piperidine rings is 1. The zero-order chi connectivity index (χ0) is 16.4. The van der Waals surface area contributed by atoms with Crippen molar-refractivity contribution in [2.75, 3.05) is 23.7 Å². The van der Waals surface area contributed by atoms with Gasteiger partial charge in [-0.05, 0) is 62.0 Å². The van der Waals surface area contributed by atoms with E-state index < -0.39 is 0 Å². The lowest BCUT2D eigenvalue weighted by molar-refractivity contribution is -0.119. The Morgan fingerprint density at radius 3 is 2.22 bits per heavy atom. The number of nitrogens with one attached hydrogen (secondary N) is 3. The van der Waals surface area contributed by atoms with Crippen LogP contribution in [-0.2, 0) is 9.59 Å². The SMILES string of the molecule is CC(C)C(=O)Nc1ccc(NC(=O)C2CC23CCNCC3)cc1. The first-order chi connectivity index (χ1) is 11.0. The van der Waals surface area contributed by atoms with Gasteiger partial charge >= 0.3 is 0 Å². The minimum absolute atomic E-state index is 0.00684. The maximum atomic E-state index is 12.4. The molecule has 0 aromatic heterocycles. The van der Waals surface area contributed by atoms with E-state index in [1.165, 1.54) is 0 Å². The van der Waals surface area contributed by atoms with Gasteiger partial charge in [0.25, 0.3) is 0 Å². The molecule has 1 aliphatic heterocycles. The molecule has 0 radical (unpaired) electrons. The zero-order valence-electron chi connectivity index (χ0n) is 13.8. The van der Waals surface area contributed by atoms with E-state index in [1.54, 1.807) is 0 Å². The first kappa shape index (κ1) is 16.0. The highest BCUT2D eigenvalue weighted by atomic mass is 16.2. The molecule has 1 saturated heterocycles. The number of hydrogen-bond donors (Lipinski definition) is 3. The molecule has 2 aliphatic rings. The average Bonchev–Trinajstić information content (AvgIpc) is 3.23. The fraction of sp³-hybridized carbons (Fsp3) is 0.556. The molecule has 1 aromatic carbocycles. The second kappa shape index (κ2) is 6.32. The summed E-state index contributed by atoms with van der Waals surface area (Å²) in [6.07, 6.45) is 3.22. The van der Waals surface area contributed by atoms with Crippen molar-refractivity contribution in [1.82, 2.24) is 5.32 Å². The van der Waals surface area contributed by atoms with Crippen molar-refractivity contribution < 1.29 is 9.59 Å². The van der Waals surface area contributed by atoms with Gasteiger partial charge in [-0.2, -0.15) is 0 Å². The second-order valence-corrected chi connectivity index (χ2v) is 7.08. The van der Waals surface area contributed by atoms with Crippen molar-refractivity contribution in [3.63, 3.8) is 0 Å². The van der Waals surface area contributed by atoms with Crippen LogP contribution in [0.5, 0.6) is 0 Å². The van der Waals surface area contributed by atoms with Crippen LogP contribution in [0.2, 0.25) is 0 Å². The van der Waals surface area contributed by atoms with Gasteiger partial charge in [-0.15, -0.1) is 0 Å².